The van der Waals surface area contributed by atoms with E-state index in [4.69, 9.17) is 4.74 Å². The van der Waals surface area contributed by atoms with E-state index in [0.29, 0.717) is 0 Å². The third kappa shape index (κ3) is 5.62. The molecular weight excluding hydrogens is 192 g/mol. The van der Waals surface area contributed by atoms with E-state index in [0.717, 1.165) is 0 Å². The number of rotatable bonds is 3. The molecule has 0 amide bonds. The Kier molecular flexibility index (Phi) is 4.89. The molecule has 1 atom stereocenters. The summed E-state index contributed by atoms with van der Waals surface area (Å²) in [5.74, 6) is -0.483. The maximum atomic E-state index is 11.0. The molecule has 0 heterocycles. The minimum atomic E-state index is -0.818. The van der Waals surface area contributed by atoms with Crippen LogP contribution >= 0.6 is 12.6 Å². The highest BCUT2D eigenvalue weighted by atomic mass is 32.1. The van der Waals surface area contributed by atoms with Crippen LogP contribution in [0.5, 0.6) is 0 Å². The van der Waals surface area contributed by atoms with Crippen LogP contribution in [0.15, 0.2) is 0 Å². The Balaban J connectivity index is 3.87. The Morgan fingerprint density at radius 1 is 1.58 bits per heavy atom. The monoisotopic (exact) mass is 205 g/mol. The zero-order valence-corrected chi connectivity index (χ0v) is 9.35. The Bertz CT molecular complexity index is 155. The highest BCUT2D eigenvalue weighted by molar-refractivity contribution is 7.81. The predicted octanol–water partition coefficient (Wildman–Crippen LogP) is 0.727. The van der Waals surface area contributed by atoms with Gasteiger partial charge >= 0.3 is 5.97 Å². The molecule has 0 saturated heterocycles. The third-order valence-electron chi connectivity index (χ3n) is 0.881. The predicted molar refractivity (Wildman–Crippen MR) is 50.3 cm³/mol. The maximum Gasteiger partial charge on any atom is 0.345 e. The second-order valence-electron chi connectivity index (χ2n) is 3.19. The Hall–Kier alpha value is -0.00312. The van der Waals surface area contributed by atoms with Crippen molar-refractivity contribution in [3.8, 4) is 0 Å². The number of carbonyl (C=O) groups excluding carboxylic acids is 1. The molecule has 3 radical (unpaired) electrons. The Morgan fingerprint density at radius 2 is 2.08 bits per heavy atom. The van der Waals surface area contributed by atoms with E-state index in [1.807, 2.05) is 20.8 Å². The smallest absolute Gasteiger partial charge is 0.345 e. The van der Waals surface area contributed by atoms with Crippen LogP contribution in [-0.2, 0) is 14.3 Å². The maximum absolute atomic E-state index is 11.0. The quantitative estimate of drug-likeness (QED) is 0.319. The molecule has 0 N–H and O–H groups in total. The van der Waals surface area contributed by atoms with Gasteiger partial charge in [-0.05, 0) is 20.8 Å². The second kappa shape index (κ2) is 4.89. The molecule has 5 heteroatoms. The van der Waals surface area contributed by atoms with Crippen molar-refractivity contribution in [1.29, 1.82) is 0 Å². The van der Waals surface area contributed by atoms with E-state index in [1.54, 1.807) is 0 Å². The molecule has 0 bridgehead atoms. The van der Waals surface area contributed by atoms with Crippen molar-refractivity contribution in [3.63, 3.8) is 0 Å². The molecule has 1 unspecified atom stereocenters. The summed E-state index contributed by atoms with van der Waals surface area (Å²) in [7, 11) is 3.01. The minimum absolute atomic E-state index is 0.156. The van der Waals surface area contributed by atoms with Crippen molar-refractivity contribution in [3.05, 3.63) is 0 Å². The summed E-state index contributed by atoms with van der Waals surface area (Å²) < 4.78 is 9.84. The molecule has 0 aromatic rings. The standard InChI is InChI=1S/C7H13O3SSi/c1-7(2,3)10-6(11)5(8)9-4-12/h6,11H,4H2,1-3H3. The fourth-order valence-corrected chi connectivity index (χ4v) is 1.06. The van der Waals surface area contributed by atoms with Crippen molar-refractivity contribution in [2.45, 2.75) is 31.8 Å². The lowest BCUT2D eigenvalue weighted by Crippen LogP contribution is -2.31. The molecule has 0 spiro atoms. The molecule has 0 saturated carbocycles. The molecule has 0 aliphatic rings. The van der Waals surface area contributed by atoms with Crippen molar-refractivity contribution in [1.82, 2.24) is 0 Å². The van der Waals surface area contributed by atoms with Crippen LogP contribution in [0.25, 0.3) is 0 Å². The van der Waals surface area contributed by atoms with Crippen molar-refractivity contribution in [2.24, 2.45) is 0 Å². The van der Waals surface area contributed by atoms with Crippen LogP contribution < -0.4 is 0 Å². The number of hydrogen-bond acceptors (Lipinski definition) is 4. The number of esters is 1. The molecule has 0 aromatic heterocycles. The molecule has 69 valence electrons. The van der Waals surface area contributed by atoms with Gasteiger partial charge in [0.2, 0.25) is 0 Å². The van der Waals surface area contributed by atoms with Gasteiger partial charge in [0, 0.05) is 0 Å². The lowest BCUT2D eigenvalue weighted by Gasteiger charge is -2.22. The van der Waals surface area contributed by atoms with Crippen LogP contribution in [0, 0.1) is 0 Å². The summed E-state index contributed by atoms with van der Waals surface area (Å²) in [6.07, 6.45) is 0.156. The number of carbonyl (C=O) groups is 1. The molecule has 0 aromatic carbocycles. The molecule has 0 rings (SSSR count). The van der Waals surface area contributed by atoms with E-state index in [2.05, 4.69) is 27.6 Å². The summed E-state index contributed by atoms with van der Waals surface area (Å²) in [5, 5.41) is 0. The molecule has 0 aliphatic carbocycles. The van der Waals surface area contributed by atoms with Gasteiger partial charge in [-0.3, -0.25) is 0 Å². The van der Waals surface area contributed by atoms with Crippen LogP contribution in [-0.4, -0.2) is 33.5 Å². The van der Waals surface area contributed by atoms with E-state index >= 15 is 0 Å². The Labute approximate surface area is 81.6 Å². The fourth-order valence-electron chi connectivity index (χ4n) is 0.525. The Morgan fingerprint density at radius 3 is 2.42 bits per heavy atom. The molecule has 0 fully saturated rings. The summed E-state index contributed by atoms with van der Waals surface area (Å²) in [6.45, 7) is 5.53. The molecular formula is C7H13O3SSi. The van der Waals surface area contributed by atoms with Crippen LogP contribution in [0.4, 0.5) is 0 Å². The van der Waals surface area contributed by atoms with Crippen LogP contribution in [0.3, 0.4) is 0 Å². The largest absolute Gasteiger partial charge is 0.468 e. The topological polar surface area (TPSA) is 35.5 Å². The van der Waals surface area contributed by atoms with Crippen molar-refractivity contribution < 1.29 is 14.3 Å². The minimum Gasteiger partial charge on any atom is -0.468 e. The van der Waals surface area contributed by atoms with Gasteiger partial charge in [-0.1, -0.05) is 0 Å². The first-order valence-electron chi connectivity index (χ1n) is 3.54. The summed E-state index contributed by atoms with van der Waals surface area (Å²) in [5.41, 5.74) is -1.21. The number of thiol groups is 1. The van der Waals surface area contributed by atoms with Gasteiger partial charge in [0.25, 0.3) is 0 Å². The van der Waals surface area contributed by atoms with Gasteiger partial charge in [0.05, 0.1) is 22.1 Å². The average Bonchev–Trinajstić information content (AvgIpc) is 1.84. The molecule has 0 aliphatic heterocycles. The van der Waals surface area contributed by atoms with Gasteiger partial charge in [0.1, 0.15) is 0 Å². The van der Waals surface area contributed by atoms with E-state index in [9.17, 15) is 4.79 Å². The highest BCUT2D eigenvalue weighted by Crippen LogP contribution is 2.13. The lowest BCUT2D eigenvalue weighted by molar-refractivity contribution is -0.155. The number of hydrogen-bond donors (Lipinski definition) is 1. The van der Waals surface area contributed by atoms with Crippen molar-refractivity contribution in [2.75, 3.05) is 6.23 Å². The average molecular weight is 205 g/mol. The second-order valence-corrected chi connectivity index (χ2v) is 3.95. The first-order valence-corrected chi connectivity index (χ1v) is 4.76. The van der Waals surface area contributed by atoms with E-state index < -0.39 is 17.0 Å². The van der Waals surface area contributed by atoms with Crippen LogP contribution in [0.1, 0.15) is 20.8 Å². The van der Waals surface area contributed by atoms with Gasteiger partial charge in [-0.2, -0.15) is 0 Å². The number of ether oxygens (including phenoxy) is 2. The first-order chi connectivity index (χ1) is 5.37. The zero-order chi connectivity index (χ0) is 9.78. The zero-order valence-electron chi connectivity index (χ0n) is 7.46. The van der Waals surface area contributed by atoms with Gasteiger partial charge < -0.3 is 9.47 Å². The first kappa shape index (κ1) is 12.0. The SMILES string of the molecule is CC(C)(C)OC(S)C(=O)OC[Si]. The molecule has 3 nitrogen and oxygen atoms in total. The van der Waals surface area contributed by atoms with Crippen molar-refractivity contribution >= 4 is 28.8 Å². The third-order valence-corrected chi connectivity index (χ3v) is 1.34. The lowest BCUT2D eigenvalue weighted by atomic mass is 10.2. The summed E-state index contributed by atoms with van der Waals surface area (Å²) in [6, 6.07) is 0. The fraction of sp³-hybridized carbons (Fsp3) is 0.857. The normalized spacial score (nSPS) is 14.1. The van der Waals surface area contributed by atoms with Gasteiger partial charge in [-0.25, -0.2) is 4.79 Å². The van der Waals surface area contributed by atoms with E-state index in [1.165, 1.54) is 0 Å². The van der Waals surface area contributed by atoms with Gasteiger partial charge in [-0.15, -0.1) is 12.6 Å². The van der Waals surface area contributed by atoms with Gasteiger partial charge in [0.15, 0.2) is 5.44 Å². The highest BCUT2D eigenvalue weighted by Gasteiger charge is 2.22. The van der Waals surface area contributed by atoms with E-state index in [-0.39, 0.29) is 6.23 Å². The summed E-state index contributed by atoms with van der Waals surface area (Å²) >= 11 is 3.93. The molecule has 12 heavy (non-hydrogen) atoms. The van der Waals surface area contributed by atoms with Crippen LogP contribution in [0.2, 0.25) is 0 Å². The summed E-state index contributed by atoms with van der Waals surface area (Å²) in [4.78, 5) is 11.0.